The molecule has 0 atom stereocenters. The van der Waals surface area contributed by atoms with E-state index in [1.54, 1.807) is 29.5 Å². The van der Waals surface area contributed by atoms with Gasteiger partial charge in [-0.25, -0.2) is 4.39 Å². The Balaban J connectivity index is 1.50. The maximum absolute atomic E-state index is 13.6. The molecule has 0 bridgehead atoms. The molecule has 0 aliphatic carbocycles. The number of amides is 1. The summed E-state index contributed by atoms with van der Waals surface area (Å²) in [5, 5.41) is 0. The molecule has 0 saturated carbocycles. The van der Waals surface area contributed by atoms with Crippen LogP contribution in [0.25, 0.3) is 0 Å². The summed E-state index contributed by atoms with van der Waals surface area (Å²) in [6, 6.07) is 10.7. The molecular formula is C17H18BrFN2OS. The quantitative estimate of drug-likeness (QED) is 0.788. The van der Waals surface area contributed by atoms with Gasteiger partial charge in [-0.05, 0) is 39.7 Å². The second-order valence-corrected chi connectivity index (χ2v) is 8.18. The van der Waals surface area contributed by atoms with Crippen LogP contribution in [0.4, 0.5) is 4.39 Å². The van der Waals surface area contributed by atoms with E-state index >= 15 is 0 Å². The first-order valence-corrected chi connectivity index (χ1v) is 9.20. The van der Waals surface area contributed by atoms with Crippen molar-refractivity contribution in [1.29, 1.82) is 0 Å². The van der Waals surface area contributed by atoms with Crippen molar-refractivity contribution in [3.8, 4) is 0 Å². The van der Waals surface area contributed by atoms with Crippen molar-refractivity contribution in [3.05, 3.63) is 56.4 Å². The van der Waals surface area contributed by atoms with Crippen molar-refractivity contribution >= 4 is 33.2 Å². The summed E-state index contributed by atoms with van der Waals surface area (Å²) in [5.74, 6) is -0.295. The van der Waals surface area contributed by atoms with Crippen LogP contribution < -0.4 is 0 Å². The Morgan fingerprint density at radius 1 is 1.13 bits per heavy atom. The third-order valence-electron chi connectivity index (χ3n) is 4.03. The molecule has 1 amide bonds. The molecule has 0 radical (unpaired) electrons. The van der Waals surface area contributed by atoms with E-state index in [1.165, 1.54) is 10.9 Å². The molecule has 0 N–H and O–H groups in total. The summed E-state index contributed by atoms with van der Waals surface area (Å²) >= 11 is 5.22. The molecule has 0 unspecified atom stereocenters. The fourth-order valence-electron chi connectivity index (χ4n) is 2.73. The number of thiophene rings is 1. The maximum Gasteiger partial charge on any atom is 0.227 e. The molecule has 2 heterocycles. The van der Waals surface area contributed by atoms with Crippen LogP contribution in [0.15, 0.2) is 40.2 Å². The van der Waals surface area contributed by atoms with Crippen molar-refractivity contribution in [2.24, 2.45) is 0 Å². The molecule has 2 aromatic rings. The maximum atomic E-state index is 13.6. The number of nitrogens with zero attached hydrogens (tertiary/aromatic N) is 2. The zero-order chi connectivity index (χ0) is 16.2. The summed E-state index contributed by atoms with van der Waals surface area (Å²) in [6.45, 7) is 4.06. The van der Waals surface area contributed by atoms with E-state index in [9.17, 15) is 9.18 Å². The molecule has 6 heteroatoms. The van der Waals surface area contributed by atoms with Gasteiger partial charge in [-0.3, -0.25) is 9.69 Å². The number of hydrogen-bond donors (Lipinski definition) is 0. The Morgan fingerprint density at radius 2 is 1.87 bits per heavy atom. The summed E-state index contributed by atoms with van der Waals surface area (Å²) in [5.41, 5.74) is 0.475. The van der Waals surface area contributed by atoms with Gasteiger partial charge in [-0.2, -0.15) is 0 Å². The van der Waals surface area contributed by atoms with Gasteiger partial charge in [-0.1, -0.05) is 18.2 Å². The topological polar surface area (TPSA) is 23.6 Å². The van der Waals surface area contributed by atoms with Gasteiger partial charge in [0.1, 0.15) is 5.82 Å². The van der Waals surface area contributed by atoms with Crippen LogP contribution in [-0.4, -0.2) is 41.9 Å². The van der Waals surface area contributed by atoms with Gasteiger partial charge < -0.3 is 4.90 Å². The van der Waals surface area contributed by atoms with Crippen LogP contribution in [0.1, 0.15) is 10.4 Å². The zero-order valence-corrected chi connectivity index (χ0v) is 15.1. The zero-order valence-electron chi connectivity index (χ0n) is 12.7. The fraction of sp³-hybridized carbons (Fsp3) is 0.353. The highest BCUT2D eigenvalue weighted by Gasteiger charge is 2.22. The summed E-state index contributed by atoms with van der Waals surface area (Å²) in [4.78, 5) is 17.8. The first kappa shape index (κ1) is 16.6. The number of benzene rings is 1. The molecule has 0 spiro atoms. The van der Waals surface area contributed by atoms with Crippen LogP contribution >= 0.6 is 27.3 Å². The highest BCUT2D eigenvalue weighted by atomic mass is 79.9. The Hall–Kier alpha value is -1.24. The van der Waals surface area contributed by atoms with E-state index in [4.69, 9.17) is 0 Å². The third kappa shape index (κ3) is 4.40. The van der Waals surface area contributed by atoms with Gasteiger partial charge in [0.25, 0.3) is 0 Å². The Kier molecular flexibility index (Phi) is 5.46. The van der Waals surface area contributed by atoms with Crippen molar-refractivity contribution in [2.75, 3.05) is 26.2 Å². The first-order chi connectivity index (χ1) is 11.1. The van der Waals surface area contributed by atoms with Crippen LogP contribution in [0.5, 0.6) is 0 Å². The predicted octanol–water partition coefficient (Wildman–Crippen LogP) is 3.54. The van der Waals surface area contributed by atoms with Gasteiger partial charge in [-0.15, -0.1) is 11.3 Å². The molecule has 1 saturated heterocycles. The van der Waals surface area contributed by atoms with Gasteiger partial charge in [0.15, 0.2) is 0 Å². The number of halogens is 2. The second-order valence-electron chi connectivity index (χ2n) is 5.63. The summed E-state index contributed by atoms with van der Waals surface area (Å²) in [6.07, 6.45) is 0.143. The largest absolute Gasteiger partial charge is 0.340 e. The molecule has 1 aliphatic heterocycles. The standard InChI is InChI=1S/C17H18BrFN2OS/c18-16-6-5-14(23-16)12-20-7-9-21(10-8-20)17(22)11-13-3-1-2-4-15(13)19/h1-6H,7-12H2. The van der Waals surface area contributed by atoms with E-state index in [0.29, 0.717) is 18.7 Å². The minimum atomic E-state index is -0.303. The molecule has 3 rings (SSSR count). The van der Waals surface area contributed by atoms with E-state index in [1.807, 2.05) is 4.90 Å². The number of carbonyl (C=O) groups excluding carboxylic acids is 1. The summed E-state index contributed by atoms with van der Waals surface area (Å²) in [7, 11) is 0. The lowest BCUT2D eigenvalue weighted by Gasteiger charge is -2.34. The lowest BCUT2D eigenvalue weighted by molar-refractivity contribution is -0.132. The number of carbonyl (C=O) groups is 1. The smallest absolute Gasteiger partial charge is 0.227 e. The lowest BCUT2D eigenvalue weighted by Crippen LogP contribution is -2.48. The molecule has 1 aliphatic rings. The van der Waals surface area contributed by atoms with Gasteiger partial charge in [0.05, 0.1) is 10.2 Å². The fourth-order valence-corrected chi connectivity index (χ4v) is 4.25. The van der Waals surface area contributed by atoms with Crippen LogP contribution in [0.2, 0.25) is 0 Å². The number of rotatable bonds is 4. The molecule has 1 aromatic heterocycles. The van der Waals surface area contributed by atoms with Crippen molar-refractivity contribution in [2.45, 2.75) is 13.0 Å². The average molecular weight is 397 g/mol. The van der Waals surface area contributed by atoms with Gasteiger partial charge in [0, 0.05) is 37.6 Å². The SMILES string of the molecule is O=C(Cc1ccccc1F)N1CCN(Cc2ccc(Br)s2)CC1. The van der Waals surface area contributed by atoms with E-state index in [-0.39, 0.29) is 18.1 Å². The van der Waals surface area contributed by atoms with Crippen molar-refractivity contribution in [3.63, 3.8) is 0 Å². The average Bonchev–Trinajstić information content (AvgIpc) is 2.95. The van der Waals surface area contributed by atoms with Crippen LogP contribution in [-0.2, 0) is 17.8 Å². The lowest BCUT2D eigenvalue weighted by atomic mass is 10.1. The monoisotopic (exact) mass is 396 g/mol. The summed E-state index contributed by atoms with van der Waals surface area (Å²) < 4.78 is 14.8. The highest BCUT2D eigenvalue weighted by Crippen LogP contribution is 2.23. The number of hydrogen-bond acceptors (Lipinski definition) is 3. The van der Waals surface area contributed by atoms with Crippen molar-refractivity contribution in [1.82, 2.24) is 9.80 Å². The van der Waals surface area contributed by atoms with Crippen molar-refractivity contribution < 1.29 is 9.18 Å². The molecule has 3 nitrogen and oxygen atoms in total. The normalized spacial score (nSPS) is 15.8. The van der Waals surface area contributed by atoms with Crippen LogP contribution in [0, 0.1) is 5.82 Å². The van der Waals surface area contributed by atoms with Crippen LogP contribution in [0.3, 0.4) is 0 Å². The van der Waals surface area contributed by atoms with E-state index in [2.05, 4.69) is 33.0 Å². The Morgan fingerprint density at radius 3 is 2.52 bits per heavy atom. The highest BCUT2D eigenvalue weighted by molar-refractivity contribution is 9.11. The van der Waals surface area contributed by atoms with Gasteiger partial charge in [0.2, 0.25) is 5.91 Å². The molecular weight excluding hydrogens is 379 g/mol. The Labute approximate surface area is 147 Å². The molecule has 1 fully saturated rings. The minimum Gasteiger partial charge on any atom is -0.340 e. The van der Waals surface area contributed by atoms with E-state index < -0.39 is 0 Å². The van der Waals surface area contributed by atoms with Gasteiger partial charge >= 0.3 is 0 Å². The number of piperazine rings is 1. The minimum absolute atomic E-state index is 0.00798. The predicted molar refractivity (Wildman–Crippen MR) is 94.0 cm³/mol. The first-order valence-electron chi connectivity index (χ1n) is 7.59. The third-order valence-corrected chi connectivity index (χ3v) is 5.64. The molecule has 122 valence electrons. The molecule has 23 heavy (non-hydrogen) atoms. The second kappa shape index (κ2) is 7.55. The molecule has 1 aromatic carbocycles. The van der Waals surface area contributed by atoms with E-state index in [0.717, 1.165) is 23.4 Å². The Bertz CT molecular complexity index is 683.